The minimum Gasteiger partial charge on any atom is -0.369 e. The van der Waals surface area contributed by atoms with Gasteiger partial charge in [-0.1, -0.05) is 0 Å². The van der Waals surface area contributed by atoms with Crippen molar-refractivity contribution >= 4 is 11.8 Å². The Bertz CT molecular complexity index is 600. The van der Waals surface area contributed by atoms with Crippen LogP contribution in [0.1, 0.15) is 31.4 Å². The molecule has 7 heteroatoms. The van der Waals surface area contributed by atoms with Crippen LogP contribution in [-0.4, -0.2) is 65.6 Å². The summed E-state index contributed by atoms with van der Waals surface area (Å²) < 4.78 is 6.17. The molecule has 2 amide bonds. The number of nitrogens with one attached hydrogen (secondary N) is 1. The van der Waals surface area contributed by atoms with Gasteiger partial charge in [-0.05, 0) is 44.7 Å². The van der Waals surface area contributed by atoms with Gasteiger partial charge < -0.3 is 19.9 Å². The molecule has 2 saturated heterocycles. The van der Waals surface area contributed by atoms with Gasteiger partial charge in [-0.3, -0.25) is 0 Å². The molecule has 1 spiro atoms. The van der Waals surface area contributed by atoms with Crippen molar-refractivity contribution < 1.29 is 9.53 Å². The fraction of sp³-hybridized carbons (Fsp3) is 0.706. The Labute approximate surface area is 142 Å². The topological polar surface area (TPSA) is 70.6 Å². The summed E-state index contributed by atoms with van der Waals surface area (Å²) in [6.07, 6.45) is 4.24. The number of anilines is 1. The lowest BCUT2D eigenvalue weighted by Crippen LogP contribution is -2.62. The van der Waals surface area contributed by atoms with E-state index in [1.165, 1.54) is 0 Å². The molecule has 3 heterocycles. The third kappa shape index (κ3) is 3.31. The van der Waals surface area contributed by atoms with Gasteiger partial charge in [0.2, 0.25) is 0 Å². The maximum absolute atomic E-state index is 12.4. The van der Waals surface area contributed by atoms with Gasteiger partial charge in [-0.25, -0.2) is 4.79 Å². The summed E-state index contributed by atoms with van der Waals surface area (Å²) in [5.41, 5.74) is 0.631. The predicted molar refractivity (Wildman–Crippen MR) is 90.0 cm³/mol. The fourth-order valence-electron chi connectivity index (χ4n) is 3.61. The molecule has 0 unspecified atom stereocenters. The van der Waals surface area contributed by atoms with Crippen molar-refractivity contribution in [1.29, 1.82) is 0 Å². The molecule has 0 aromatic carbocycles. The number of aryl methyl sites for hydroxylation is 1. The van der Waals surface area contributed by atoms with Crippen molar-refractivity contribution in [3.8, 4) is 0 Å². The lowest BCUT2D eigenvalue weighted by molar-refractivity contribution is -0.103. The van der Waals surface area contributed by atoms with E-state index in [-0.39, 0.29) is 11.6 Å². The van der Waals surface area contributed by atoms with E-state index < -0.39 is 0 Å². The van der Waals surface area contributed by atoms with Crippen LogP contribution in [0, 0.1) is 6.92 Å². The number of aromatic nitrogens is 2. The highest BCUT2D eigenvalue weighted by molar-refractivity contribution is 5.75. The molecule has 3 fully saturated rings. The maximum Gasteiger partial charge on any atom is 0.317 e. The first kappa shape index (κ1) is 15.6. The normalized spacial score (nSPS) is 27.4. The number of rotatable bonds is 2. The van der Waals surface area contributed by atoms with E-state index in [1.54, 1.807) is 0 Å². The summed E-state index contributed by atoms with van der Waals surface area (Å²) in [4.78, 5) is 16.5. The summed E-state index contributed by atoms with van der Waals surface area (Å²) in [5, 5.41) is 11.6. The van der Waals surface area contributed by atoms with Crippen LogP contribution < -0.4 is 10.2 Å². The Morgan fingerprint density at radius 1 is 1.29 bits per heavy atom. The van der Waals surface area contributed by atoms with Gasteiger partial charge in [-0.2, -0.15) is 5.10 Å². The van der Waals surface area contributed by atoms with Crippen LogP contribution in [0.5, 0.6) is 0 Å². The fourth-order valence-corrected chi connectivity index (χ4v) is 3.61. The Hall–Kier alpha value is -1.89. The molecule has 3 aliphatic rings. The average molecular weight is 331 g/mol. The summed E-state index contributed by atoms with van der Waals surface area (Å²) >= 11 is 0. The zero-order valence-corrected chi connectivity index (χ0v) is 14.2. The van der Waals surface area contributed by atoms with Crippen LogP contribution >= 0.6 is 0 Å². The molecule has 24 heavy (non-hydrogen) atoms. The van der Waals surface area contributed by atoms with E-state index in [1.807, 2.05) is 24.0 Å². The third-order valence-electron chi connectivity index (χ3n) is 5.09. The molecule has 130 valence electrons. The lowest BCUT2D eigenvalue weighted by Gasteiger charge is -2.48. The first-order valence-electron chi connectivity index (χ1n) is 8.88. The molecule has 1 aliphatic carbocycles. The Morgan fingerprint density at radius 3 is 2.92 bits per heavy atom. The third-order valence-corrected chi connectivity index (χ3v) is 5.09. The van der Waals surface area contributed by atoms with Crippen LogP contribution in [0.15, 0.2) is 12.1 Å². The number of piperidine rings is 1. The Balaban J connectivity index is 1.44. The van der Waals surface area contributed by atoms with Crippen molar-refractivity contribution in [2.45, 2.75) is 44.2 Å². The van der Waals surface area contributed by atoms with E-state index in [0.29, 0.717) is 25.7 Å². The molecular formula is C17H25N5O2. The van der Waals surface area contributed by atoms with Crippen molar-refractivity contribution in [3.05, 3.63) is 17.8 Å². The SMILES string of the molecule is Cc1ccc(N2CCC[C@]3(CN(C(=O)NC4CC4)CCO3)C2)nn1. The van der Waals surface area contributed by atoms with Gasteiger partial charge in [0.25, 0.3) is 0 Å². The summed E-state index contributed by atoms with van der Waals surface area (Å²) in [6.45, 7) is 5.58. The predicted octanol–water partition coefficient (Wildman–Crippen LogP) is 1.33. The number of amides is 2. The summed E-state index contributed by atoms with van der Waals surface area (Å²) in [7, 11) is 0. The zero-order chi connectivity index (χ0) is 16.6. The van der Waals surface area contributed by atoms with Crippen LogP contribution in [0.4, 0.5) is 10.6 Å². The van der Waals surface area contributed by atoms with Crippen molar-refractivity contribution in [2.75, 3.05) is 37.7 Å². The molecule has 1 aromatic rings. The number of urea groups is 1. The number of hydrogen-bond acceptors (Lipinski definition) is 5. The molecule has 1 N–H and O–H groups in total. The molecular weight excluding hydrogens is 306 g/mol. The number of hydrogen-bond donors (Lipinski definition) is 1. The quantitative estimate of drug-likeness (QED) is 0.885. The van der Waals surface area contributed by atoms with Crippen molar-refractivity contribution in [1.82, 2.24) is 20.4 Å². The van der Waals surface area contributed by atoms with Crippen LogP contribution in [0.25, 0.3) is 0 Å². The number of nitrogens with zero attached hydrogens (tertiary/aromatic N) is 4. The van der Waals surface area contributed by atoms with E-state index in [2.05, 4.69) is 20.4 Å². The highest BCUT2D eigenvalue weighted by atomic mass is 16.5. The molecule has 1 saturated carbocycles. The second-order valence-electron chi connectivity index (χ2n) is 7.23. The van der Waals surface area contributed by atoms with Gasteiger partial charge in [-0.15, -0.1) is 5.10 Å². The number of carbonyl (C=O) groups is 1. The first-order chi connectivity index (χ1) is 11.6. The number of morpholine rings is 1. The van der Waals surface area contributed by atoms with Gasteiger partial charge in [0.05, 0.1) is 25.4 Å². The van der Waals surface area contributed by atoms with Crippen LogP contribution in [0.3, 0.4) is 0 Å². The smallest absolute Gasteiger partial charge is 0.317 e. The van der Waals surface area contributed by atoms with Crippen LogP contribution in [-0.2, 0) is 4.74 Å². The van der Waals surface area contributed by atoms with Gasteiger partial charge >= 0.3 is 6.03 Å². The first-order valence-corrected chi connectivity index (χ1v) is 8.88. The number of ether oxygens (including phenoxy) is 1. The number of carbonyl (C=O) groups excluding carboxylic acids is 1. The maximum atomic E-state index is 12.4. The van der Waals surface area contributed by atoms with Gasteiger partial charge in [0, 0.05) is 19.1 Å². The van der Waals surface area contributed by atoms with E-state index >= 15 is 0 Å². The molecule has 1 atom stereocenters. The van der Waals surface area contributed by atoms with Crippen LogP contribution in [0.2, 0.25) is 0 Å². The molecule has 1 aromatic heterocycles. The largest absolute Gasteiger partial charge is 0.369 e. The molecule has 4 rings (SSSR count). The van der Waals surface area contributed by atoms with Crippen molar-refractivity contribution in [2.24, 2.45) is 0 Å². The van der Waals surface area contributed by atoms with E-state index in [4.69, 9.17) is 4.74 Å². The van der Waals surface area contributed by atoms with Gasteiger partial charge in [0.15, 0.2) is 5.82 Å². The molecule has 0 radical (unpaired) electrons. The zero-order valence-electron chi connectivity index (χ0n) is 14.2. The Morgan fingerprint density at radius 2 is 2.17 bits per heavy atom. The molecule has 2 aliphatic heterocycles. The van der Waals surface area contributed by atoms with Gasteiger partial charge in [0.1, 0.15) is 5.60 Å². The van der Waals surface area contributed by atoms with Crippen molar-refractivity contribution in [3.63, 3.8) is 0 Å². The monoisotopic (exact) mass is 331 g/mol. The highest BCUT2D eigenvalue weighted by Crippen LogP contribution is 2.31. The minimum atomic E-state index is -0.288. The summed E-state index contributed by atoms with van der Waals surface area (Å²) in [5.74, 6) is 0.892. The Kier molecular flexibility index (Phi) is 4.04. The molecule has 0 bridgehead atoms. The second-order valence-corrected chi connectivity index (χ2v) is 7.23. The second kappa shape index (κ2) is 6.20. The minimum absolute atomic E-state index is 0.0624. The summed E-state index contributed by atoms with van der Waals surface area (Å²) in [6, 6.07) is 4.46. The average Bonchev–Trinajstić information content (AvgIpc) is 3.39. The van der Waals surface area contributed by atoms with E-state index in [9.17, 15) is 4.79 Å². The standard InChI is InChI=1S/C17H25N5O2/c1-13-3-6-15(20-19-13)21-8-2-7-17(11-21)12-22(9-10-24-17)16(23)18-14-4-5-14/h3,6,14H,2,4-5,7-12H2,1H3,(H,18,23)/t17-/m1/s1. The van der Waals surface area contributed by atoms with E-state index in [0.717, 1.165) is 50.3 Å². The molecule has 7 nitrogen and oxygen atoms in total. The highest BCUT2D eigenvalue weighted by Gasteiger charge is 2.42. The lowest BCUT2D eigenvalue weighted by atomic mass is 9.90.